The van der Waals surface area contributed by atoms with Crippen LogP contribution in [0.1, 0.15) is 46.8 Å². The fourth-order valence-corrected chi connectivity index (χ4v) is 3.68. The summed E-state index contributed by atoms with van der Waals surface area (Å²) in [5.74, 6) is -0.314. The molecule has 2 aromatic rings. The Labute approximate surface area is 144 Å². The van der Waals surface area contributed by atoms with E-state index in [0.29, 0.717) is 28.4 Å². The minimum Gasteiger partial charge on any atom is -0.315 e. The van der Waals surface area contributed by atoms with Gasteiger partial charge in [-0.1, -0.05) is 6.92 Å². The first-order chi connectivity index (χ1) is 11.3. The number of nitrogens with zero attached hydrogens (tertiary/aromatic N) is 3. The number of aryl methyl sites for hydroxylation is 3. The van der Waals surface area contributed by atoms with E-state index < -0.39 is 11.7 Å². The molecule has 2 aromatic heterocycles. The second-order valence-corrected chi connectivity index (χ2v) is 6.93. The fourth-order valence-electron chi connectivity index (χ4n) is 2.67. The SMILES string of the molecule is CCC(C(=O)Nc1sc(C)c(C)c1C#N)n1c(C)cc(C)nc1=O. The third-order valence-electron chi connectivity index (χ3n) is 4.01. The van der Waals surface area contributed by atoms with E-state index in [1.807, 2.05) is 20.8 Å². The van der Waals surface area contributed by atoms with Gasteiger partial charge in [0.25, 0.3) is 0 Å². The molecule has 1 N–H and O–H groups in total. The molecule has 0 saturated carbocycles. The van der Waals surface area contributed by atoms with Crippen LogP contribution < -0.4 is 11.0 Å². The van der Waals surface area contributed by atoms with Gasteiger partial charge in [0.1, 0.15) is 17.1 Å². The van der Waals surface area contributed by atoms with Crippen molar-refractivity contribution in [1.29, 1.82) is 5.26 Å². The molecular weight excluding hydrogens is 324 g/mol. The molecule has 0 aromatic carbocycles. The fraction of sp³-hybridized carbons (Fsp3) is 0.412. The summed E-state index contributed by atoms with van der Waals surface area (Å²) < 4.78 is 1.40. The minimum absolute atomic E-state index is 0.314. The molecule has 2 rings (SSSR count). The Morgan fingerprint density at radius 1 is 1.42 bits per heavy atom. The molecule has 0 bridgehead atoms. The number of hydrogen-bond acceptors (Lipinski definition) is 5. The van der Waals surface area contributed by atoms with Gasteiger partial charge < -0.3 is 5.32 Å². The molecule has 0 spiro atoms. The second-order valence-electron chi connectivity index (χ2n) is 5.70. The van der Waals surface area contributed by atoms with Gasteiger partial charge in [-0.15, -0.1) is 11.3 Å². The Morgan fingerprint density at radius 2 is 2.08 bits per heavy atom. The number of carbonyl (C=O) groups is 1. The summed E-state index contributed by atoms with van der Waals surface area (Å²) in [7, 11) is 0. The number of nitrogens with one attached hydrogen (secondary N) is 1. The monoisotopic (exact) mass is 344 g/mol. The first-order valence-corrected chi connectivity index (χ1v) is 8.49. The lowest BCUT2D eigenvalue weighted by atomic mass is 10.1. The molecule has 0 aliphatic rings. The Balaban J connectivity index is 2.40. The Hall–Kier alpha value is -2.46. The number of anilines is 1. The molecule has 0 saturated heterocycles. The highest BCUT2D eigenvalue weighted by Gasteiger charge is 2.24. The smallest absolute Gasteiger partial charge is 0.315 e. The van der Waals surface area contributed by atoms with Crippen LogP contribution in [0.2, 0.25) is 0 Å². The van der Waals surface area contributed by atoms with Crippen LogP contribution in [0.15, 0.2) is 10.9 Å². The van der Waals surface area contributed by atoms with Crippen LogP contribution in [0.5, 0.6) is 0 Å². The normalized spacial score (nSPS) is 11.8. The van der Waals surface area contributed by atoms with Gasteiger partial charge in [0.15, 0.2) is 0 Å². The maximum atomic E-state index is 12.7. The highest BCUT2D eigenvalue weighted by molar-refractivity contribution is 7.16. The zero-order chi connectivity index (χ0) is 18.0. The first kappa shape index (κ1) is 17.9. The summed E-state index contributed by atoms with van der Waals surface area (Å²) >= 11 is 1.37. The predicted molar refractivity (Wildman–Crippen MR) is 94.4 cm³/mol. The van der Waals surface area contributed by atoms with Crippen molar-refractivity contribution in [2.45, 2.75) is 47.1 Å². The van der Waals surface area contributed by atoms with Crippen LogP contribution in [-0.4, -0.2) is 15.5 Å². The van der Waals surface area contributed by atoms with E-state index in [1.165, 1.54) is 15.9 Å². The number of amides is 1. The van der Waals surface area contributed by atoms with Gasteiger partial charge in [-0.2, -0.15) is 10.2 Å². The van der Waals surface area contributed by atoms with Crippen LogP contribution in [0.3, 0.4) is 0 Å². The van der Waals surface area contributed by atoms with E-state index in [2.05, 4.69) is 16.4 Å². The molecular formula is C17H20N4O2S. The van der Waals surface area contributed by atoms with Crippen molar-refractivity contribution >= 4 is 22.2 Å². The minimum atomic E-state index is -0.667. The highest BCUT2D eigenvalue weighted by atomic mass is 32.1. The van der Waals surface area contributed by atoms with Crippen LogP contribution >= 0.6 is 11.3 Å². The molecule has 1 unspecified atom stereocenters. The summed E-state index contributed by atoms with van der Waals surface area (Å²) in [6.45, 7) is 9.14. The van der Waals surface area contributed by atoms with Gasteiger partial charge in [-0.05, 0) is 45.7 Å². The standard InChI is InChI=1S/C17H20N4O2S/c1-6-14(21-10(3)7-9(2)19-17(21)23)15(22)20-16-13(8-18)11(4)12(5)24-16/h7,14H,6H2,1-5H3,(H,20,22). The molecule has 2 heterocycles. The topological polar surface area (TPSA) is 87.8 Å². The number of thiophene rings is 1. The average molecular weight is 344 g/mol. The first-order valence-electron chi connectivity index (χ1n) is 7.67. The molecule has 1 atom stereocenters. The highest BCUT2D eigenvalue weighted by Crippen LogP contribution is 2.32. The van der Waals surface area contributed by atoms with Crippen molar-refractivity contribution in [3.8, 4) is 6.07 Å². The Kier molecular flexibility index (Phi) is 5.20. The number of rotatable bonds is 4. The molecule has 126 valence electrons. The molecule has 24 heavy (non-hydrogen) atoms. The number of aromatic nitrogens is 2. The van der Waals surface area contributed by atoms with Crippen molar-refractivity contribution in [2.75, 3.05) is 5.32 Å². The number of hydrogen-bond donors (Lipinski definition) is 1. The zero-order valence-corrected chi connectivity index (χ0v) is 15.2. The van der Waals surface area contributed by atoms with Crippen LogP contribution in [0.25, 0.3) is 0 Å². The molecule has 0 fully saturated rings. The van der Waals surface area contributed by atoms with Gasteiger partial charge in [-0.3, -0.25) is 9.36 Å². The van der Waals surface area contributed by atoms with E-state index in [9.17, 15) is 14.9 Å². The van der Waals surface area contributed by atoms with E-state index in [-0.39, 0.29) is 5.91 Å². The quantitative estimate of drug-likeness (QED) is 0.923. The average Bonchev–Trinajstić information content (AvgIpc) is 2.76. The van der Waals surface area contributed by atoms with Crippen LogP contribution in [0.4, 0.5) is 5.00 Å². The van der Waals surface area contributed by atoms with Crippen molar-refractivity contribution < 1.29 is 4.79 Å². The van der Waals surface area contributed by atoms with Crippen molar-refractivity contribution in [3.05, 3.63) is 43.9 Å². The molecule has 0 aliphatic heterocycles. The Morgan fingerprint density at radius 3 is 2.62 bits per heavy atom. The van der Waals surface area contributed by atoms with Crippen LogP contribution in [-0.2, 0) is 4.79 Å². The maximum Gasteiger partial charge on any atom is 0.348 e. The zero-order valence-electron chi connectivity index (χ0n) is 14.4. The van der Waals surface area contributed by atoms with Gasteiger partial charge in [-0.25, -0.2) is 4.79 Å². The number of carbonyl (C=O) groups excluding carboxylic acids is 1. The lowest BCUT2D eigenvalue weighted by Crippen LogP contribution is -2.36. The number of nitriles is 1. The van der Waals surface area contributed by atoms with Crippen LogP contribution in [0, 0.1) is 39.0 Å². The molecule has 7 heteroatoms. The van der Waals surface area contributed by atoms with Crippen molar-refractivity contribution in [2.24, 2.45) is 0 Å². The molecule has 1 amide bonds. The van der Waals surface area contributed by atoms with E-state index in [4.69, 9.17) is 0 Å². The lowest BCUT2D eigenvalue weighted by Gasteiger charge is -2.19. The van der Waals surface area contributed by atoms with E-state index >= 15 is 0 Å². The summed E-state index contributed by atoms with van der Waals surface area (Å²) in [6.07, 6.45) is 0.447. The summed E-state index contributed by atoms with van der Waals surface area (Å²) in [5.41, 5.74) is 2.23. The largest absolute Gasteiger partial charge is 0.348 e. The summed E-state index contributed by atoms with van der Waals surface area (Å²) in [6, 6.07) is 3.24. The van der Waals surface area contributed by atoms with E-state index in [0.717, 1.165) is 10.4 Å². The van der Waals surface area contributed by atoms with E-state index in [1.54, 1.807) is 19.9 Å². The molecule has 6 nitrogen and oxygen atoms in total. The summed E-state index contributed by atoms with van der Waals surface area (Å²) in [4.78, 5) is 29.9. The lowest BCUT2D eigenvalue weighted by molar-refractivity contribution is -0.119. The molecule has 0 radical (unpaired) electrons. The van der Waals surface area contributed by atoms with Crippen molar-refractivity contribution in [3.63, 3.8) is 0 Å². The molecule has 0 aliphatic carbocycles. The summed E-state index contributed by atoms with van der Waals surface area (Å²) in [5, 5.41) is 12.6. The van der Waals surface area contributed by atoms with Crippen molar-refractivity contribution in [1.82, 2.24) is 9.55 Å². The third-order valence-corrected chi connectivity index (χ3v) is 5.13. The Bertz CT molecular complexity index is 889. The van der Waals surface area contributed by atoms with Gasteiger partial charge in [0.2, 0.25) is 5.91 Å². The second kappa shape index (κ2) is 6.97. The third kappa shape index (κ3) is 3.24. The predicted octanol–water partition coefficient (Wildman–Crippen LogP) is 3.00. The van der Waals surface area contributed by atoms with Gasteiger partial charge >= 0.3 is 5.69 Å². The maximum absolute atomic E-state index is 12.7. The van der Waals surface area contributed by atoms with Gasteiger partial charge in [0.05, 0.1) is 5.56 Å². The van der Waals surface area contributed by atoms with Gasteiger partial charge in [0, 0.05) is 16.3 Å².